The van der Waals surface area contributed by atoms with Crippen molar-refractivity contribution in [1.82, 2.24) is 14.8 Å². The van der Waals surface area contributed by atoms with Crippen LogP contribution in [0.25, 0.3) is 0 Å². The Morgan fingerprint density at radius 3 is 2.86 bits per heavy atom. The second-order valence-electron chi connectivity index (χ2n) is 4.73. The second kappa shape index (κ2) is 6.25. The van der Waals surface area contributed by atoms with E-state index in [0.717, 1.165) is 5.56 Å². The summed E-state index contributed by atoms with van der Waals surface area (Å²) >= 11 is 0. The maximum absolute atomic E-state index is 11.8. The maximum atomic E-state index is 11.8. The molecule has 0 aliphatic heterocycles. The minimum absolute atomic E-state index is 0.307. The predicted molar refractivity (Wildman–Crippen MR) is 79.9 cm³/mol. The number of carbonyl (C=O) groups excluding carboxylic acids is 1. The standard InChI is InChI=1S/C14H19N5O2/c1-4-21-14(20)11-5-13(16-7-12(11)15)18(2)8-10-6-17-19(3)9-10/h5-7,9H,4,8,15H2,1-3H3. The van der Waals surface area contributed by atoms with Crippen LogP contribution < -0.4 is 10.6 Å². The van der Waals surface area contributed by atoms with Gasteiger partial charge in [0.2, 0.25) is 0 Å². The SMILES string of the molecule is CCOC(=O)c1cc(N(C)Cc2cnn(C)c2)ncc1N. The third-order valence-electron chi connectivity index (χ3n) is 2.98. The van der Waals surface area contributed by atoms with Crippen molar-refractivity contribution >= 4 is 17.5 Å². The predicted octanol–water partition coefficient (Wildman–Crippen LogP) is 1.21. The summed E-state index contributed by atoms with van der Waals surface area (Å²) in [5, 5.41) is 4.12. The summed E-state index contributed by atoms with van der Waals surface area (Å²) in [5.74, 6) is 0.213. The highest BCUT2D eigenvalue weighted by atomic mass is 16.5. The highest BCUT2D eigenvalue weighted by molar-refractivity contribution is 5.95. The van der Waals surface area contributed by atoms with Gasteiger partial charge in [-0.1, -0.05) is 0 Å². The lowest BCUT2D eigenvalue weighted by Gasteiger charge is -2.18. The number of hydrogen-bond acceptors (Lipinski definition) is 6. The lowest BCUT2D eigenvalue weighted by atomic mass is 10.2. The number of rotatable bonds is 5. The zero-order valence-corrected chi connectivity index (χ0v) is 12.4. The van der Waals surface area contributed by atoms with Crippen LogP contribution in [-0.2, 0) is 18.3 Å². The van der Waals surface area contributed by atoms with Crippen LogP contribution in [0.2, 0.25) is 0 Å². The third kappa shape index (κ3) is 3.50. The van der Waals surface area contributed by atoms with Crippen LogP contribution in [0.3, 0.4) is 0 Å². The van der Waals surface area contributed by atoms with Crippen molar-refractivity contribution in [2.75, 3.05) is 24.3 Å². The summed E-state index contributed by atoms with van der Waals surface area (Å²) in [5.41, 5.74) is 7.48. The molecule has 2 N–H and O–H groups in total. The first kappa shape index (κ1) is 14.8. The average molecular weight is 289 g/mol. The fourth-order valence-corrected chi connectivity index (χ4v) is 1.96. The van der Waals surface area contributed by atoms with E-state index < -0.39 is 5.97 Å². The molecule has 0 radical (unpaired) electrons. The van der Waals surface area contributed by atoms with Crippen LogP contribution in [0.15, 0.2) is 24.7 Å². The number of pyridine rings is 1. The van der Waals surface area contributed by atoms with E-state index in [1.165, 1.54) is 6.20 Å². The molecular formula is C14H19N5O2. The molecule has 21 heavy (non-hydrogen) atoms. The second-order valence-corrected chi connectivity index (χ2v) is 4.73. The van der Waals surface area contributed by atoms with Crippen LogP contribution in [-0.4, -0.2) is 34.4 Å². The van der Waals surface area contributed by atoms with Gasteiger partial charge < -0.3 is 15.4 Å². The number of nitrogens with zero attached hydrogens (tertiary/aromatic N) is 4. The highest BCUT2D eigenvalue weighted by Crippen LogP contribution is 2.19. The van der Waals surface area contributed by atoms with Crippen molar-refractivity contribution in [1.29, 1.82) is 0 Å². The number of nitrogens with two attached hydrogens (primary N) is 1. The number of esters is 1. The molecular weight excluding hydrogens is 270 g/mol. The van der Waals surface area contributed by atoms with Gasteiger partial charge in [-0.3, -0.25) is 4.68 Å². The number of nitrogen functional groups attached to an aromatic ring is 1. The smallest absolute Gasteiger partial charge is 0.340 e. The monoisotopic (exact) mass is 289 g/mol. The minimum Gasteiger partial charge on any atom is -0.462 e. The molecule has 0 aliphatic carbocycles. The number of ether oxygens (including phenoxy) is 1. The summed E-state index contributed by atoms with van der Waals surface area (Å²) in [6.07, 6.45) is 5.20. The number of aryl methyl sites for hydroxylation is 1. The van der Waals surface area contributed by atoms with Gasteiger partial charge in [-0.15, -0.1) is 0 Å². The van der Waals surface area contributed by atoms with E-state index in [9.17, 15) is 4.79 Å². The summed E-state index contributed by atoms with van der Waals surface area (Å²) < 4.78 is 6.73. The van der Waals surface area contributed by atoms with Crippen molar-refractivity contribution < 1.29 is 9.53 Å². The molecule has 0 spiro atoms. The lowest BCUT2D eigenvalue weighted by Crippen LogP contribution is -2.19. The van der Waals surface area contributed by atoms with Crippen LogP contribution in [0.1, 0.15) is 22.8 Å². The Kier molecular flexibility index (Phi) is 4.42. The summed E-state index contributed by atoms with van der Waals surface area (Å²) in [7, 11) is 3.75. The van der Waals surface area contributed by atoms with Crippen LogP contribution >= 0.6 is 0 Å². The van der Waals surface area contributed by atoms with Gasteiger partial charge in [-0.25, -0.2) is 9.78 Å². The molecule has 112 valence electrons. The molecule has 2 aromatic rings. The fourth-order valence-electron chi connectivity index (χ4n) is 1.96. The van der Waals surface area contributed by atoms with Gasteiger partial charge in [-0.2, -0.15) is 5.10 Å². The molecule has 0 aromatic carbocycles. The molecule has 0 aliphatic rings. The Morgan fingerprint density at radius 1 is 1.48 bits per heavy atom. The third-order valence-corrected chi connectivity index (χ3v) is 2.98. The summed E-state index contributed by atoms with van der Waals surface area (Å²) in [4.78, 5) is 18.0. The molecule has 7 nitrogen and oxygen atoms in total. The molecule has 7 heteroatoms. The van der Waals surface area contributed by atoms with Crippen LogP contribution in [0.5, 0.6) is 0 Å². The first-order chi connectivity index (χ1) is 10.0. The zero-order chi connectivity index (χ0) is 15.4. The first-order valence-corrected chi connectivity index (χ1v) is 6.62. The Morgan fingerprint density at radius 2 is 2.24 bits per heavy atom. The van der Waals surface area contributed by atoms with E-state index in [-0.39, 0.29) is 0 Å². The quantitative estimate of drug-likeness (QED) is 0.833. The Labute approximate surface area is 123 Å². The van der Waals surface area contributed by atoms with Gasteiger partial charge in [0.25, 0.3) is 0 Å². The van der Waals surface area contributed by atoms with Gasteiger partial charge in [0.15, 0.2) is 0 Å². The number of carbonyl (C=O) groups is 1. The lowest BCUT2D eigenvalue weighted by molar-refractivity contribution is 0.0527. The van der Waals surface area contributed by atoms with Crippen LogP contribution in [0.4, 0.5) is 11.5 Å². The first-order valence-electron chi connectivity index (χ1n) is 6.62. The minimum atomic E-state index is -0.437. The van der Waals surface area contributed by atoms with Crippen molar-refractivity contribution in [3.05, 3.63) is 35.8 Å². The molecule has 0 saturated carbocycles. The van der Waals surface area contributed by atoms with E-state index in [0.29, 0.717) is 30.2 Å². The van der Waals surface area contributed by atoms with Gasteiger partial charge in [0.1, 0.15) is 5.82 Å². The Hall–Kier alpha value is -2.57. The Balaban J connectivity index is 2.19. The molecule has 2 heterocycles. The normalized spacial score (nSPS) is 10.4. The molecule has 0 unspecified atom stereocenters. The van der Waals surface area contributed by atoms with Gasteiger partial charge in [-0.05, 0) is 13.0 Å². The maximum Gasteiger partial charge on any atom is 0.340 e. The molecule has 2 rings (SSSR count). The zero-order valence-electron chi connectivity index (χ0n) is 12.4. The van der Waals surface area contributed by atoms with E-state index in [1.54, 1.807) is 23.9 Å². The number of hydrogen-bond donors (Lipinski definition) is 1. The summed E-state index contributed by atoms with van der Waals surface area (Å²) in [6.45, 7) is 2.69. The highest BCUT2D eigenvalue weighted by Gasteiger charge is 2.14. The molecule has 2 aromatic heterocycles. The van der Waals surface area contributed by atoms with E-state index in [2.05, 4.69) is 10.1 Å². The van der Waals surface area contributed by atoms with Gasteiger partial charge >= 0.3 is 5.97 Å². The van der Waals surface area contributed by atoms with Crippen molar-refractivity contribution in [2.45, 2.75) is 13.5 Å². The molecule has 0 fully saturated rings. The average Bonchev–Trinajstić information content (AvgIpc) is 2.84. The fraction of sp³-hybridized carbons (Fsp3) is 0.357. The van der Waals surface area contributed by atoms with E-state index in [1.807, 2.05) is 25.2 Å². The van der Waals surface area contributed by atoms with Crippen molar-refractivity contribution in [3.63, 3.8) is 0 Å². The van der Waals surface area contributed by atoms with Crippen LogP contribution in [0, 0.1) is 0 Å². The Bertz CT molecular complexity index is 638. The van der Waals surface area contributed by atoms with Crippen molar-refractivity contribution in [2.24, 2.45) is 7.05 Å². The molecule has 0 saturated heterocycles. The van der Waals surface area contributed by atoms with Crippen molar-refractivity contribution in [3.8, 4) is 0 Å². The van der Waals surface area contributed by atoms with Gasteiger partial charge in [0, 0.05) is 32.4 Å². The molecule has 0 bridgehead atoms. The summed E-state index contributed by atoms with van der Waals surface area (Å²) in [6, 6.07) is 1.64. The van der Waals surface area contributed by atoms with E-state index >= 15 is 0 Å². The largest absolute Gasteiger partial charge is 0.462 e. The number of anilines is 2. The number of aromatic nitrogens is 3. The molecule has 0 atom stereocenters. The topological polar surface area (TPSA) is 86.3 Å². The molecule has 0 amide bonds. The van der Waals surface area contributed by atoms with E-state index in [4.69, 9.17) is 10.5 Å². The van der Waals surface area contributed by atoms with Gasteiger partial charge in [0.05, 0.1) is 30.3 Å².